The van der Waals surface area contributed by atoms with Crippen molar-refractivity contribution in [1.82, 2.24) is 4.98 Å². The van der Waals surface area contributed by atoms with Crippen LogP contribution >= 0.6 is 0 Å². The van der Waals surface area contributed by atoms with Gasteiger partial charge in [-0.2, -0.15) is 0 Å². The first-order valence-corrected chi connectivity index (χ1v) is 4.59. The van der Waals surface area contributed by atoms with E-state index in [0.717, 1.165) is 12.3 Å². The smallest absolute Gasteiger partial charge is 0.340 e. The van der Waals surface area contributed by atoms with Gasteiger partial charge in [-0.25, -0.2) is 18.6 Å². The first-order valence-electron chi connectivity index (χ1n) is 4.59. The third kappa shape index (κ3) is 2.65. The minimum Gasteiger partial charge on any atom is -0.481 e. The molecule has 0 radical (unpaired) electrons. The van der Waals surface area contributed by atoms with E-state index in [1.54, 1.807) is 6.92 Å². The van der Waals surface area contributed by atoms with Gasteiger partial charge in [0.1, 0.15) is 0 Å². The summed E-state index contributed by atoms with van der Waals surface area (Å²) in [6.07, 6.45) is -1.76. The number of hydrogen-bond acceptors (Lipinski definition) is 4. The Bertz CT molecular complexity index is 382. The fourth-order valence-electron chi connectivity index (χ4n) is 1.12. The van der Waals surface area contributed by atoms with E-state index in [-0.39, 0.29) is 18.1 Å². The number of alkyl halides is 2. The molecular formula is C10H11F2NO3. The molecule has 1 aromatic heterocycles. The van der Waals surface area contributed by atoms with Crippen molar-refractivity contribution in [2.75, 3.05) is 13.7 Å². The number of halogens is 2. The molecule has 1 heterocycles. The summed E-state index contributed by atoms with van der Waals surface area (Å²) >= 11 is 0. The van der Waals surface area contributed by atoms with Crippen molar-refractivity contribution in [3.63, 3.8) is 0 Å². The van der Waals surface area contributed by atoms with Crippen molar-refractivity contribution >= 4 is 5.97 Å². The van der Waals surface area contributed by atoms with Gasteiger partial charge in [-0.3, -0.25) is 0 Å². The van der Waals surface area contributed by atoms with Crippen LogP contribution in [0.2, 0.25) is 0 Å². The van der Waals surface area contributed by atoms with Gasteiger partial charge in [0, 0.05) is 17.8 Å². The van der Waals surface area contributed by atoms with Crippen molar-refractivity contribution in [1.29, 1.82) is 0 Å². The SMILES string of the molecule is CCOC(=O)c1cnc(OC)cc1C(F)F. The van der Waals surface area contributed by atoms with Crippen LogP contribution in [0.1, 0.15) is 29.3 Å². The van der Waals surface area contributed by atoms with Crippen LogP contribution in [0, 0.1) is 0 Å². The van der Waals surface area contributed by atoms with E-state index in [0.29, 0.717) is 0 Å². The fourth-order valence-corrected chi connectivity index (χ4v) is 1.12. The first kappa shape index (κ1) is 12.4. The van der Waals surface area contributed by atoms with Crippen LogP contribution < -0.4 is 4.74 Å². The molecule has 0 aliphatic carbocycles. The molecule has 0 saturated carbocycles. The Hall–Kier alpha value is -1.72. The second-order valence-electron chi connectivity index (χ2n) is 2.84. The summed E-state index contributed by atoms with van der Waals surface area (Å²) in [6, 6.07) is 1.02. The molecule has 1 aromatic rings. The highest BCUT2D eigenvalue weighted by Gasteiger charge is 2.20. The number of carbonyl (C=O) groups excluding carboxylic acids is 1. The summed E-state index contributed by atoms with van der Waals surface area (Å²) in [5, 5.41) is 0. The normalized spacial score (nSPS) is 10.3. The molecule has 0 aliphatic heterocycles. The second kappa shape index (κ2) is 5.39. The van der Waals surface area contributed by atoms with Crippen LogP contribution in [0.5, 0.6) is 5.88 Å². The van der Waals surface area contributed by atoms with Gasteiger partial charge in [-0.05, 0) is 6.92 Å². The van der Waals surface area contributed by atoms with Crippen LogP contribution in [-0.2, 0) is 4.74 Å². The molecule has 0 amide bonds. The highest BCUT2D eigenvalue weighted by atomic mass is 19.3. The number of esters is 1. The molecule has 1 rings (SSSR count). The van der Waals surface area contributed by atoms with Crippen molar-refractivity contribution in [3.8, 4) is 5.88 Å². The Balaban J connectivity index is 3.12. The third-order valence-electron chi connectivity index (χ3n) is 1.85. The van der Waals surface area contributed by atoms with Gasteiger partial charge in [-0.15, -0.1) is 0 Å². The van der Waals surface area contributed by atoms with E-state index in [2.05, 4.69) is 9.72 Å². The highest BCUT2D eigenvalue weighted by Crippen LogP contribution is 2.25. The van der Waals surface area contributed by atoms with Crippen LogP contribution in [0.3, 0.4) is 0 Å². The Labute approximate surface area is 91.2 Å². The average molecular weight is 231 g/mol. The van der Waals surface area contributed by atoms with E-state index in [1.165, 1.54) is 7.11 Å². The van der Waals surface area contributed by atoms with Crippen LogP contribution in [0.15, 0.2) is 12.3 Å². The number of aromatic nitrogens is 1. The molecule has 0 N–H and O–H groups in total. The molecule has 0 spiro atoms. The van der Waals surface area contributed by atoms with E-state index in [1.807, 2.05) is 0 Å². The van der Waals surface area contributed by atoms with E-state index >= 15 is 0 Å². The van der Waals surface area contributed by atoms with Gasteiger partial charge < -0.3 is 9.47 Å². The molecule has 0 aromatic carbocycles. The molecular weight excluding hydrogens is 220 g/mol. The van der Waals surface area contributed by atoms with Gasteiger partial charge >= 0.3 is 5.97 Å². The lowest BCUT2D eigenvalue weighted by molar-refractivity contribution is 0.0514. The summed E-state index contributed by atoms with van der Waals surface area (Å²) in [6.45, 7) is 1.71. The standard InChI is InChI=1S/C10H11F2NO3/c1-3-16-10(14)7-5-13-8(15-2)4-6(7)9(11)12/h4-5,9H,3H2,1-2H3. The molecule has 6 heteroatoms. The molecule has 16 heavy (non-hydrogen) atoms. The maximum atomic E-state index is 12.7. The van der Waals surface area contributed by atoms with Crippen LogP contribution in [0.25, 0.3) is 0 Å². The lowest BCUT2D eigenvalue weighted by Crippen LogP contribution is -2.09. The zero-order valence-corrected chi connectivity index (χ0v) is 8.87. The number of rotatable bonds is 4. The summed E-state index contributed by atoms with van der Waals surface area (Å²) in [4.78, 5) is 15.0. The summed E-state index contributed by atoms with van der Waals surface area (Å²) in [5.41, 5.74) is -0.678. The van der Waals surface area contributed by atoms with Crippen molar-refractivity contribution in [2.24, 2.45) is 0 Å². The molecule has 0 aliphatic rings. The van der Waals surface area contributed by atoms with Crippen molar-refractivity contribution in [2.45, 2.75) is 13.3 Å². The van der Waals surface area contributed by atoms with E-state index in [9.17, 15) is 13.6 Å². The summed E-state index contributed by atoms with van der Waals surface area (Å²) in [5.74, 6) is -0.781. The molecule has 4 nitrogen and oxygen atoms in total. The Morgan fingerprint density at radius 3 is 2.75 bits per heavy atom. The molecule has 0 saturated heterocycles. The van der Waals surface area contributed by atoms with Crippen LogP contribution in [0.4, 0.5) is 8.78 Å². The Kier molecular flexibility index (Phi) is 4.16. The Morgan fingerprint density at radius 1 is 1.56 bits per heavy atom. The maximum absolute atomic E-state index is 12.7. The largest absolute Gasteiger partial charge is 0.481 e. The zero-order chi connectivity index (χ0) is 12.1. The predicted octanol–water partition coefficient (Wildman–Crippen LogP) is 2.20. The zero-order valence-electron chi connectivity index (χ0n) is 8.87. The molecule has 0 bridgehead atoms. The highest BCUT2D eigenvalue weighted by molar-refractivity contribution is 5.91. The predicted molar refractivity (Wildman–Crippen MR) is 51.7 cm³/mol. The van der Waals surface area contributed by atoms with Crippen LogP contribution in [-0.4, -0.2) is 24.7 Å². The lowest BCUT2D eigenvalue weighted by Gasteiger charge is -2.08. The minimum atomic E-state index is -2.78. The number of carbonyl (C=O) groups is 1. The monoisotopic (exact) mass is 231 g/mol. The minimum absolute atomic E-state index is 0.0309. The number of nitrogens with zero attached hydrogens (tertiary/aromatic N) is 1. The molecule has 0 atom stereocenters. The average Bonchev–Trinajstić information content (AvgIpc) is 2.28. The first-order chi connectivity index (χ1) is 7.60. The van der Waals surface area contributed by atoms with E-state index < -0.39 is 18.0 Å². The number of methoxy groups -OCH3 is 1. The third-order valence-corrected chi connectivity index (χ3v) is 1.85. The molecule has 88 valence electrons. The van der Waals surface area contributed by atoms with Gasteiger partial charge in [-0.1, -0.05) is 0 Å². The topological polar surface area (TPSA) is 48.4 Å². The quantitative estimate of drug-likeness (QED) is 0.745. The van der Waals surface area contributed by atoms with Gasteiger partial charge in [0.05, 0.1) is 19.3 Å². The summed E-state index contributed by atoms with van der Waals surface area (Å²) < 4.78 is 34.6. The van der Waals surface area contributed by atoms with Gasteiger partial charge in [0.2, 0.25) is 5.88 Å². The number of hydrogen-bond donors (Lipinski definition) is 0. The van der Waals surface area contributed by atoms with E-state index in [4.69, 9.17) is 4.74 Å². The lowest BCUT2D eigenvalue weighted by atomic mass is 10.1. The molecule has 0 unspecified atom stereocenters. The fraction of sp³-hybridized carbons (Fsp3) is 0.400. The van der Waals surface area contributed by atoms with Crippen molar-refractivity contribution in [3.05, 3.63) is 23.4 Å². The second-order valence-corrected chi connectivity index (χ2v) is 2.84. The summed E-state index contributed by atoms with van der Waals surface area (Å²) in [7, 11) is 1.31. The number of ether oxygens (including phenoxy) is 2. The maximum Gasteiger partial charge on any atom is 0.340 e. The number of pyridine rings is 1. The van der Waals surface area contributed by atoms with Gasteiger partial charge in [0.25, 0.3) is 6.43 Å². The molecule has 0 fully saturated rings. The van der Waals surface area contributed by atoms with Gasteiger partial charge in [0.15, 0.2) is 0 Å². The Morgan fingerprint density at radius 2 is 2.25 bits per heavy atom. The van der Waals surface area contributed by atoms with Crippen molar-refractivity contribution < 1.29 is 23.0 Å².